The monoisotopic (exact) mass is 343 g/mol. The zero-order valence-electron chi connectivity index (χ0n) is 13.8. The van der Waals surface area contributed by atoms with E-state index < -0.39 is 0 Å². The van der Waals surface area contributed by atoms with E-state index in [-0.39, 0.29) is 11.7 Å². The molecule has 0 spiro atoms. The molecule has 5 nitrogen and oxygen atoms in total. The normalized spacial score (nSPS) is 10.8. The van der Waals surface area contributed by atoms with Crippen molar-refractivity contribution >= 4 is 16.9 Å². The average Bonchev–Trinajstić information content (AvgIpc) is 3.07. The van der Waals surface area contributed by atoms with E-state index >= 15 is 0 Å². The molecule has 0 amide bonds. The van der Waals surface area contributed by atoms with Gasteiger partial charge in [-0.2, -0.15) is 0 Å². The molecule has 4 N–H and O–H groups in total. The highest BCUT2D eigenvalue weighted by Crippen LogP contribution is 2.39. The number of fused-ring (bicyclic) bond motifs is 1. The lowest BCUT2D eigenvalue weighted by atomic mass is 10.00. The minimum absolute atomic E-state index is 0.133. The molecule has 1 heterocycles. The number of aromatic hydroxyl groups is 1. The molecule has 0 unspecified atom stereocenters. The highest BCUT2D eigenvalue weighted by atomic mass is 16.5. The van der Waals surface area contributed by atoms with Gasteiger partial charge in [0.2, 0.25) is 5.96 Å². The molecule has 1 aromatic heterocycles. The molecule has 128 valence electrons. The zero-order valence-corrected chi connectivity index (χ0v) is 13.8. The molecule has 4 rings (SSSR count). The van der Waals surface area contributed by atoms with Crippen LogP contribution in [0.15, 0.2) is 78.9 Å². The van der Waals surface area contributed by atoms with Crippen LogP contribution >= 0.6 is 0 Å². The summed E-state index contributed by atoms with van der Waals surface area (Å²) in [7, 11) is 0. The molecule has 3 aromatic carbocycles. The molecule has 0 aliphatic heterocycles. The van der Waals surface area contributed by atoms with Gasteiger partial charge < -0.3 is 5.11 Å². The SMILES string of the molecule is N=C(NO)n1c(-c2cccc(-c3ccccc3)c2O)cc2ccccc21. The molecule has 0 bridgehead atoms. The van der Waals surface area contributed by atoms with Gasteiger partial charge in [-0.3, -0.25) is 15.2 Å². The number of aromatic nitrogens is 1. The first kappa shape index (κ1) is 15.9. The van der Waals surface area contributed by atoms with Crippen LogP contribution in [-0.4, -0.2) is 20.8 Å². The van der Waals surface area contributed by atoms with Crippen molar-refractivity contribution in [3.8, 4) is 28.1 Å². The molecule has 0 saturated heterocycles. The number of para-hydroxylation sites is 2. The maximum atomic E-state index is 10.9. The topological polar surface area (TPSA) is 81.3 Å². The number of benzene rings is 3. The molecule has 0 radical (unpaired) electrons. The standard InChI is InChI=1S/C21H17N3O2/c22-21(23-26)24-18-12-5-4-9-15(18)13-19(24)17-11-6-10-16(20(17)25)14-7-2-1-3-8-14/h1-13,25-26H,(H2,22,23). The van der Waals surface area contributed by atoms with Gasteiger partial charge in [-0.15, -0.1) is 0 Å². The molecular formula is C21H17N3O2. The number of phenols is 1. The Bertz CT molecular complexity index is 1100. The first-order valence-corrected chi connectivity index (χ1v) is 8.18. The predicted molar refractivity (Wildman–Crippen MR) is 103 cm³/mol. The minimum Gasteiger partial charge on any atom is -0.507 e. The van der Waals surface area contributed by atoms with Gasteiger partial charge in [-0.25, -0.2) is 5.48 Å². The minimum atomic E-state index is -0.189. The Labute approximate surface area is 150 Å². The smallest absolute Gasteiger partial charge is 0.224 e. The van der Waals surface area contributed by atoms with Gasteiger partial charge in [0.15, 0.2) is 0 Å². The summed E-state index contributed by atoms with van der Waals surface area (Å²) in [5.74, 6) is -0.0563. The van der Waals surface area contributed by atoms with Gasteiger partial charge in [0, 0.05) is 16.5 Å². The van der Waals surface area contributed by atoms with E-state index in [0.717, 1.165) is 16.5 Å². The second-order valence-electron chi connectivity index (χ2n) is 5.95. The summed E-state index contributed by atoms with van der Waals surface area (Å²) >= 11 is 0. The van der Waals surface area contributed by atoms with E-state index in [1.165, 1.54) is 0 Å². The Morgan fingerprint density at radius 3 is 2.31 bits per heavy atom. The second kappa shape index (κ2) is 6.38. The van der Waals surface area contributed by atoms with Crippen LogP contribution in [0.2, 0.25) is 0 Å². The average molecular weight is 343 g/mol. The molecule has 5 heteroatoms. The molecule has 26 heavy (non-hydrogen) atoms. The summed E-state index contributed by atoms with van der Waals surface area (Å²) in [5, 5.41) is 29.2. The van der Waals surface area contributed by atoms with Crippen LogP contribution in [-0.2, 0) is 0 Å². The van der Waals surface area contributed by atoms with Crippen LogP contribution in [0.25, 0.3) is 33.3 Å². The summed E-state index contributed by atoms with van der Waals surface area (Å²) in [4.78, 5) is 0. The van der Waals surface area contributed by atoms with Crippen LogP contribution < -0.4 is 5.48 Å². The first-order chi connectivity index (χ1) is 12.7. The Morgan fingerprint density at radius 2 is 1.54 bits per heavy atom. The van der Waals surface area contributed by atoms with Crippen molar-refractivity contribution in [3.05, 3.63) is 78.9 Å². The fourth-order valence-corrected chi connectivity index (χ4v) is 3.24. The fraction of sp³-hybridized carbons (Fsp3) is 0. The first-order valence-electron chi connectivity index (χ1n) is 8.18. The molecular weight excluding hydrogens is 326 g/mol. The van der Waals surface area contributed by atoms with Gasteiger partial charge in [-0.05, 0) is 23.8 Å². The quantitative estimate of drug-likeness (QED) is 0.247. The van der Waals surface area contributed by atoms with Crippen LogP contribution in [0.3, 0.4) is 0 Å². The maximum absolute atomic E-state index is 10.9. The fourth-order valence-electron chi connectivity index (χ4n) is 3.24. The highest BCUT2D eigenvalue weighted by molar-refractivity contribution is 5.99. The largest absolute Gasteiger partial charge is 0.507 e. The van der Waals surface area contributed by atoms with Crippen molar-refractivity contribution in [2.24, 2.45) is 0 Å². The van der Waals surface area contributed by atoms with Crippen molar-refractivity contribution in [2.75, 3.05) is 0 Å². The molecule has 0 aliphatic carbocycles. The van der Waals surface area contributed by atoms with Gasteiger partial charge in [0.1, 0.15) is 5.75 Å². The predicted octanol–water partition coefficient (Wildman–Crippen LogP) is 4.44. The van der Waals surface area contributed by atoms with Gasteiger partial charge in [-0.1, -0.05) is 60.7 Å². The number of nitrogens with one attached hydrogen (secondary N) is 2. The van der Waals surface area contributed by atoms with Crippen molar-refractivity contribution in [2.45, 2.75) is 0 Å². The van der Waals surface area contributed by atoms with E-state index in [1.54, 1.807) is 10.6 Å². The van der Waals surface area contributed by atoms with Crippen molar-refractivity contribution in [1.29, 1.82) is 5.41 Å². The number of hydrogen-bond acceptors (Lipinski definition) is 3. The third-order valence-electron chi connectivity index (χ3n) is 4.44. The summed E-state index contributed by atoms with van der Waals surface area (Å²) in [5.41, 5.74) is 5.49. The summed E-state index contributed by atoms with van der Waals surface area (Å²) in [6.45, 7) is 0. The Kier molecular flexibility index (Phi) is 3.91. The maximum Gasteiger partial charge on any atom is 0.224 e. The Balaban J connectivity index is 1.98. The summed E-state index contributed by atoms with van der Waals surface area (Å²) < 4.78 is 1.57. The van der Waals surface area contributed by atoms with Crippen molar-refractivity contribution in [1.82, 2.24) is 10.0 Å². The summed E-state index contributed by atoms with van der Waals surface area (Å²) in [6.07, 6.45) is 0. The van der Waals surface area contributed by atoms with Crippen molar-refractivity contribution < 1.29 is 10.3 Å². The lowest BCUT2D eigenvalue weighted by Crippen LogP contribution is -2.26. The number of rotatable bonds is 2. The van der Waals surface area contributed by atoms with Crippen LogP contribution in [0.5, 0.6) is 5.75 Å². The zero-order chi connectivity index (χ0) is 18.1. The second-order valence-corrected chi connectivity index (χ2v) is 5.95. The third kappa shape index (κ3) is 2.51. The van der Waals surface area contributed by atoms with Crippen molar-refractivity contribution in [3.63, 3.8) is 0 Å². The van der Waals surface area contributed by atoms with E-state index in [2.05, 4.69) is 0 Å². The molecule has 0 aliphatic rings. The van der Waals surface area contributed by atoms with Crippen LogP contribution in [0.1, 0.15) is 0 Å². The summed E-state index contributed by atoms with van der Waals surface area (Å²) in [6, 6.07) is 24.6. The molecule has 4 aromatic rings. The van der Waals surface area contributed by atoms with Gasteiger partial charge in [0.05, 0.1) is 11.2 Å². The van der Waals surface area contributed by atoms with E-state index in [0.29, 0.717) is 16.8 Å². The van der Waals surface area contributed by atoms with Crippen LogP contribution in [0, 0.1) is 5.41 Å². The van der Waals surface area contributed by atoms with E-state index in [9.17, 15) is 10.3 Å². The Morgan fingerprint density at radius 1 is 0.846 bits per heavy atom. The lowest BCUT2D eigenvalue weighted by molar-refractivity contribution is 0.229. The van der Waals surface area contributed by atoms with E-state index in [4.69, 9.17) is 5.41 Å². The number of nitrogens with zero attached hydrogens (tertiary/aromatic N) is 1. The molecule has 0 atom stereocenters. The van der Waals surface area contributed by atoms with Crippen LogP contribution in [0.4, 0.5) is 0 Å². The lowest BCUT2D eigenvalue weighted by Gasteiger charge is -2.14. The van der Waals surface area contributed by atoms with Gasteiger partial charge in [0.25, 0.3) is 0 Å². The van der Waals surface area contributed by atoms with Gasteiger partial charge >= 0.3 is 0 Å². The third-order valence-corrected chi connectivity index (χ3v) is 4.44. The number of hydrogen-bond donors (Lipinski definition) is 4. The number of hydroxylamine groups is 1. The molecule has 0 fully saturated rings. The van der Waals surface area contributed by atoms with E-state index in [1.807, 2.05) is 78.3 Å². The Hall–Kier alpha value is -3.57. The molecule has 0 saturated carbocycles. The number of phenolic OH excluding ortho intramolecular Hbond substituents is 1. The highest BCUT2D eigenvalue weighted by Gasteiger charge is 2.18.